The molecule has 0 atom stereocenters. The lowest BCUT2D eigenvalue weighted by molar-refractivity contribution is -0.132. The molecule has 1 aliphatic heterocycles. The number of carbonyl (C=O) groups excluding carboxylic acids is 1. The molecule has 1 fully saturated rings. The molecule has 2 aromatic carbocycles. The van der Waals surface area contributed by atoms with E-state index in [1.54, 1.807) is 30.7 Å². The number of amides is 1. The third-order valence-electron chi connectivity index (χ3n) is 7.72. The molecule has 0 bridgehead atoms. The highest BCUT2D eigenvalue weighted by atomic mass is 35.5. The van der Waals surface area contributed by atoms with Crippen LogP contribution in [-0.4, -0.2) is 73.8 Å². The highest BCUT2D eigenvalue weighted by Crippen LogP contribution is 2.36. The average Bonchev–Trinajstić information content (AvgIpc) is 3.68. The van der Waals surface area contributed by atoms with Gasteiger partial charge in [-0.3, -0.25) is 14.5 Å². The number of rotatable bonds is 10. The predicted octanol–water partition coefficient (Wildman–Crippen LogP) is 6.78. The lowest BCUT2D eigenvalue weighted by Crippen LogP contribution is -2.34. The van der Waals surface area contributed by atoms with Crippen molar-refractivity contribution in [2.45, 2.75) is 58.2 Å². The number of nitrogens with zero attached hydrogens (tertiary/aromatic N) is 7. The van der Waals surface area contributed by atoms with Crippen molar-refractivity contribution >= 4 is 47.6 Å². The van der Waals surface area contributed by atoms with Crippen LogP contribution in [0.25, 0.3) is 33.3 Å². The Morgan fingerprint density at radius 3 is 2.67 bits per heavy atom. The van der Waals surface area contributed by atoms with Gasteiger partial charge in [0.05, 0.1) is 41.2 Å². The highest BCUT2D eigenvalue weighted by molar-refractivity contribution is 6.76. The molecule has 1 amide bonds. The van der Waals surface area contributed by atoms with Gasteiger partial charge in [-0.05, 0) is 37.2 Å². The maximum atomic E-state index is 13.5. The Balaban J connectivity index is 1.19. The molecule has 236 valence electrons. The maximum Gasteiger partial charge on any atom is 0.267 e. The summed E-state index contributed by atoms with van der Waals surface area (Å²) in [5, 5.41) is 4.52. The third kappa shape index (κ3) is 7.00. The van der Waals surface area contributed by atoms with E-state index in [1.165, 1.54) is 4.68 Å². The van der Waals surface area contributed by atoms with Crippen LogP contribution < -0.4 is 4.74 Å². The molecule has 10 nitrogen and oxygen atoms in total. The van der Waals surface area contributed by atoms with E-state index in [0.717, 1.165) is 27.8 Å². The highest BCUT2D eigenvalue weighted by Gasteiger charge is 2.40. The van der Waals surface area contributed by atoms with Gasteiger partial charge in [-0.1, -0.05) is 31.2 Å². The number of imidazole rings is 1. The first-order valence-corrected chi connectivity index (χ1v) is 18.8. The van der Waals surface area contributed by atoms with Crippen LogP contribution >= 0.6 is 11.6 Å². The van der Waals surface area contributed by atoms with Gasteiger partial charge in [0, 0.05) is 45.5 Å². The van der Waals surface area contributed by atoms with Gasteiger partial charge in [0.15, 0.2) is 0 Å². The molecule has 0 spiro atoms. The minimum atomic E-state index is -2.84. The molecule has 3 aromatic heterocycles. The molecular formula is C31H34ClF2N7O3Si. The summed E-state index contributed by atoms with van der Waals surface area (Å²) in [6, 6.07) is 10.3. The van der Waals surface area contributed by atoms with Crippen molar-refractivity contribution < 1.29 is 23.0 Å². The van der Waals surface area contributed by atoms with E-state index in [1.807, 2.05) is 29.7 Å². The molecule has 0 radical (unpaired) electrons. The van der Waals surface area contributed by atoms with Crippen molar-refractivity contribution in [2.75, 3.05) is 19.7 Å². The van der Waals surface area contributed by atoms with Crippen LogP contribution in [0.3, 0.4) is 0 Å². The molecule has 6 rings (SSSR count). The monoisotopic (exact) mass is 653 g/mol. The summed E-state index contributed by atoms with van der Waals surface area (Å²) in [4.78, 5) is 27.5. The van der Waals surface area contributed by atoms with E-state index < -0.39 is 26.4 Å². The SMILES string of the molecule is Cc1nc2ccc(Oc3ccc4ncc(-c5cnn(CC(=O)N6CCC(F)(F)C6)c5)nc4c3Cl)cc2n1COCC[Si](C)(C)C. The van der Waals surface area contributed by atoms with E-state index >= 15 is 0 Å². The number of carbonyl (C=O) groups is 1. The van der Waals surface area contributed by atoms with Gasteiger partial charge in [0.2, 0.25) is 5.91 Å². The molecule has 1 saturated heterocycles. The number of benzene rings is 2. The van der Waals surface area contributed by atoms with Crippen LogP contribution in [0.2, 0.25) is 30.7 Å². The molecule has 1 aliphatic rings. The average molecular weight is 654 g/mol. The predicted molar refractivity (Wildman–Crippen MR) is 171 cm³/mol. The number of hydrogen-bond acceptors (Lipinski definition) is 7. The van der Waals surface area contributed by atoms with Crippen LogP contribution in [0.1, 0.15) is 12.2 Å². The quantitative estimate of drug-likeness (QED) is 0.121. The minimum Gasteiger partial charge on any atom is -0.456 e. The fourth-order valence-corrected chi connectivity index (χ4v) is 6.12. The van der Waals surface area contributed by atoms with Crippen LogP contribution in [0.4, 0.5) is 8.78 Å². The molecule has 0 saturated carbocycles. The van der Waals surface area contributed by atoms with E-state index in [-0.39, 0.29) is 19.5 Å². The lowest BCUT2D eigenvalue weighted by Gasteiger charge is -2.16. The Kier molecular flexibility index (Phi) is 8.35. The number of aromatic nitrogens is 6. The first kappa shape index (κ1) is 31.1. The maximum absolute atomic E-state index is 13.5. The molecule has 4 heterocycles. The second kappa shape index (κ2) is 12.1. The Labute approximate surface area is 264 Å². The summed E-state index contributed by atoms with van der Waals surface area (Å²) in [7, 11) is -1.19. The van der Waals surface area contributed by atoms with Crippen molar-refractivity contribution in [2.24, 2.45) is 0 Å². The summed E-state index contributed by atoms with van der Waals surface area (Å²) < 4.78 is 42.7. The Morgan fingerprint density at radius 1 is 1.11 bits per heavy atom. The first-order valence-electron chi connectivity index (χ1n) is 14.7. The Morgan fingerprint density at radius 2 is 1.91 bits per heavy atom. The van der Waals surface area contributed by atoms with Gasteiger partial charge in [0.1, 0.15) is 41.1 Å². The normalized spacial score (nSPS) is 15.0. The smallest absolute Gasteiger partial charge is 0.267 e. The van der Waals surface area contributed by atoms with Crippen LogP contribution in [0.5, 0.6) is 11.5 Å². The summed E-state index contributed by atoms with van der Waals surface area (Å²) in [5.74, 6) is -1.41. The largest absolute Gasteiger partial charge is 0.456 e. The number of likely N-dealkylation sites (tertiary alicyclic amines) is 1. The number of halogens is 3. The third-order valence-corrected chi connectivity index (χ3v) is 9.79. The zero-order valence-electron chi connectivity index (χ0n) is 25.6. The zero-order valence-corrected chi connectivity index (χ0v) is 27.3. The summed E-state index contributed by atoms with van der Waals surface area (Å²) in [5.41, 5.74) is 3.84. The number of fused-ring (bicyclic) bond motifs is 2. The molecule has 45 heavy (non-hydrogen) atoms. The molecular weight excluding hydrogens is 620 g/mol. The van der Waals surface area contributed by atoms with E-state index in [0.29, 0.717) is 52.2 Å². The Bertz CT molecular complexity index is 1890. The second-order valence-electron chi connectivity index (χ2n) is 12.5. The molecule has 0 aliphatic carbocycles. The van der Waals surface area contributed by atoms with Crippen molar-refractivity contribution in [1.29, 1.82) is 0 Å². The van der Waals surface area contributed by atoms with Crippen molar-refractivity contribution in [1.82, 2.24) is 34.2 Å². The summed E-state index contributed by atoms with van der Waals surface area (Å²) in [6.45, 7) is 9.36. The van der Waals surface area contributed by atoms with Crippen LogP contribution in [0, 0.1) is 6.92 Å². The Hall–Kier alpha value is -3.94. The first-order chi connectivity index (χ1) is 21.3. The van der Waals surface area contributed by atoms with Gasteiger partial charge in [-0.15, -0.1) is 0 Å². The number of aryl methyl sites for hydroxylation is 1. The van der Waals surface area contributed by atoms with E-state index in [2.05, 4.69) is 34.7 Å². The van der Waals surface area contributed by atoms with Gasteiger partial charge in [0.25, 0.3) is 5.92 Å². The summed E-state index contributed by atoms with van der Waals surface area (Å²) in [6.07, 6.45) is 4.44. The fourth-order valence-electron chi connectivity index (χ4n) is 5.12. The zero-order chi connectivity index (χ0) is 31.9. The van der Waals surface area contributed by atoms with E-state index in [9.17, 15) is 13.6 Å². The topological polar surface area (TPSA) is 100 Å². The van der Waals surface area contributed by atoms with Gasteiger partial charge >= 0.3 is 0 Å². The molecule has 0 N–H and O–H groups in total. The van der Waals surface area contributed by atoms with Gasteiger partial charge in [-0.2, -0.15) is 5.10 Å². The standard InChI is InChI=1S/C31H34ClF2N7O3Si/c1-20-37-23-6-5-22(13-26(23)41(20)19-43-11-12-45(2,3)4)44-27-8-7-24-30(29(27)32)38-25(15-35-24)21-14-36-40(16-21)17-28(42)39-10-9-31(33,34)18-39/h5-8,13-16H,9-12,17-19H2,1-4H3. The molecule has 14 heteroatoms. The number of alkyl halides is 2. The van der Waals surface area contributed by atoms with Crippen LogP contribution in [-0.2, 0) is 22.8 Å². The number of hydrogen-bond donors (Lipinski definition) is 0. The summed E-state index contributed by atoms with van der Waals surface area (Å²) >= 11 is 6.80. The fraction of sp³-hybridized carbons (Fsp3) is 0.387. The van der Waals surface area contributed by atoms with Gasteiger partial charge in [-0.25, -0.2) is 18.7 Å². The minimum absolute atomic E-state index is 0.0311. The van der Waals surface area contributed by atoms with Crippen molar-refractivity contribution in [3.8, 4) is 22.8 Å². The van der Waals surface area contributed by atoms with Crippen molar-refractivity contribution in [3.63, 3.8) is 0 Å². The van der Waals surface area contributed by atoms with E-state index in [4.69, 9.17) is 26.1 Å². The van der Waals surface area contributed by atoms with Crippen LogP contribution in [0.15, 0.2) is 48.9 Å². The van der Waals surface area contributed by atoms with Gasteiger partial charge < -0.3 is 18.9 Å². The lowest BCUT2D eigenvalue weighted by atomic mass is 10.2. The molecule has 0 unspecified atom stereocenters. The molecule has 5 aromatic rings. The second-order valence-corrected chi connectivity index (χ2v) is 18.5. The van der Waals surface area contributed by atoms with Crippen molar-refractivity contribution in [3.05, 3.63) is 59.8 Å². The number of ether oxygens (including phenoxy) is 2.